The van der Waals surface area contributed by atoms with Gasteiger partial charge in [0.1, 0.15) is 5.75 Å². The molecule has 0 unspecified atom stereocenters. The Morgan fingerprint density at radius 3 is 2.83 bits per heavy atom. The van der Waals surface area contributed by atoms with E-state index in [4.69, 9.17) is 10.5 Å². The van der Waals surface area contributed by atoms with Crippen LogP contribution < -0.4 is 10.5 Å². The van der Waals surface area contributed by atoms with Crippen LogP contribution in [0.25, 0.3) is 0 Å². The van der Waals surface area contributed by atoms with Gasteiger partial charge in [0.05, 0.1) is 12.3 Å². The number of hydrogen-bond donors (Lipinski definition) is 1. The molecule has 2 rings (SSSR count). The van der Waals surface area contributed by atoms with Crippen LogP contribution in [0.2, 0.25) is 0 Å². The third kappa shape index (κ3) is 3.68. The van der Waals surface area contributed by atoms with Gasteiger partial charge in [0.2, 0.25) is 0 Å². The summed E-state index contributed by atoms with van der Waals surface area (Å²) in [4.78, 5) is 6.89. The van der Waals surface area contributed by atoms with E-state index in [1.807, 2.05) is 19.1 Å². The van der Waals surface area contributed by atoms with Gasteiger partial charge in [-0.25, -0.2) is 0 Å². The summed E-state index contributed by atoms with van der Waals surface area (Å²) in [7, 11) is 0. The van der Waals surface area contributed by atoms with Crippen LogP contribution >= 0.6 is 0 Å². The molecule has 0 radical (unpaired) electrons. The van der Waals surface area contributed by atoms with E-state index in [0.29, 0.717) is 6.54 Å². The number of aryl methyl sites for hydroxylation is 1. The van der Waals surface area contributed by atoms with Crippen molar-refractivity contribution in [3.63, 3.8) is 0 Å². The lowest BCUT2D eigenvalue weighted by Crippen LogP contribution is -2.22. The number of aromatic nitrogens is 1. The number of pyridine rings is 1. The summed E-state index contributed by atoms with van der Waals surface area (Å²) in [6.07, 6.45) is 3.76. The van der Waals surface area contributed by atoms with Gasteiger partial charge < -0.3 is 15.4 Å². The Morgan fingerprint density at radius 1 is 1.33 bits per heavy atom. The number of likely N-dealkylation sites (tertiary alicyclic amines) is 1. The van der Waals surface area contributed by atoms with Crippen molar-refractivity contribution in [1.82, 2.24) is 9.88 Å². The molecule has 0 bridgehead atoms. The maximum Gasteiger partial charge on any atom is 0.142 e. The molecular formula is C14H23N3O. The third-order valence-corrected chi connectivity index (χ3v) is 3.34. The lowest BCUT2D eigenvalue weighted by Gasteiger charge is -2.15. The normalized spacial score (nSPS) is 16.1. The minimum Gasteiger partial charge on any atom is -0.492 e. The van der Waals surface area contributed by atoms with Crippen LogP contribution in [0.1, 0.15) is 30.7 Å². The van der Waals surface area contributed by atoms with E-state index >= 15 is 0 Å². The first-order chi connectivity index (χ1) is 8.79. The standard InChI is InChI=1S/C14H23N3O/c1-12-5-6-14(13(11-15)16-12)18-10-4-9-17-7-2-3-8-17/h5-6H,2-4,7-11,15H2,1H3. The van der Waals surface area contributed by atoms with Crippen LogP contribution in [0.5, 0.6) is 5.75 Å². The predicted molar refractivity (Wildman–Crippen MR) is 72.7 cm³/mol. The molecule has 1 aliphatic rings. The quantitative estimate of drug-likeness (QED) is 0.780. The Hall–Kier alpha value is -1.13. The van der Waals surface area contributed by atoms with Gasteiger partial charge in [0.25, 0.3) is 0 Å². The fourth-order valence-electron chi connectivity index (χ4n) is 2.35. The Balaban J connectivity index is 1.75. The summed E-state index contributed by atoms with van der Waals surface area (Å²) in [6.45, 7) is 6.78. The van der Waals surface area contributed by atoms with E-state index in [1.165, 1.54) is 25.9 Å². The van der Waals surface area contributed by atoms with Crippen molar-refractivity contribution in [3.8, 4) is 5.75 Å². The fraction of sp³-hybridized carbons (Fsp3) is 0.643. The molecule has 1 aromatic rings. The van der Waals surface area contributed by atoms with E-state index in [2.05, 4.69) is 9.88 Å². The first kappa shape index (κ1) is 13.3. The molecule has 4 heteroatoms. The number of nitrogens with two attached hydrogens (primary N) is 1. The average Bonchev–Trinajstić information content (AvgIpc) is 2.89. The summed E-state index contributed by atoms with van der Waals surface area (Å²) >= 11 is 0. The van der Waals surface area contributed by atoms with Crippen LogP contribution in [0, 0.1) is 6.92 Å². The minimum atomic E-state index is 0.434. The van der Waals surface area contributed by atoms with E-state index in [0.717, 1.165) is 36.7 Å². The summed E-state index contributed by atoms with van der Waals surface area (Å²) in [5.41, 5.74) is 7.52. The fourth-order valence-corrected chi connectivity index (χ4v) is 2.35. The topological polar surface area (TPSA) is 51.4 Å². The van der Waals surface area contributed by atoms with E-state index in [9.17, 15) is 0 Å². The number of rotatable bonds is 6. The predicted octanol–water partition coefficient (Wildman–Crippen LogP) is 1.71. The zero-order valence-corrected chi connectivity index (χ0v) is 11.2. The van der Waals surface area contributed by atoms with Gasteiger partial charge in [-0.15, -0.1) is 0 Å². The Bertz CT molecular complexity index is 375. The van der Waals surface area contributed by atoms with Crippen molar-refractivity contribution in [2.45, 2.75) is 32.7 Å². The zero-order valence-electron chi connectivity index (χ0n) is 11.2. The molecule has 2 N–H and O–H groups in total. The van der Waals surface area contributed by atoms with Gasteiger partial charge in [-0.1, -0.05) is 0 Å². The highest BCUT2D eigenvalue weighted by Gasteiger charge is 2.10. The van der Waals surface area contributed by atoms with Crippen LogP contribution in [-0.4, -0.2) is 36.1 Å². The summed E-state index contributed by atoms with van der Waals surface area (Å²) in [5, 5.41) is 0. The maximum atomic E-state index is 5.77. The monoisotopic (exact) mass is 249 g/mol. The average molecular weight is 249 g/mol. The molecule has 0 aromatic carbocycles. The Morgan fingerprint density at radius 2 is 2.11 bits per heavy atom. The van der Waals surface area contributed by atoms with Crippen molar-refractivity contribution in [1.29, 1.82) is 0 Å². The zero-order chi connectivity index (χ0) is 12.8. The van der Waals surface area contributed by atoms with Gasteiger partial charge in [-0.05, 0) is 51.4 Å². The highest BCUT2D eigenvalue weighted by atomic mass is 16.5. The molecule has 1 fully saturated rings. The van der Waals surface area contributed by atoms with Crippen molar-refractivity contribution in [3.05, 3.63) is 23.5 Å². The number of ether oxygens (including phenoxy) is 1. The lowest BCUT2D eigenvalue weighted by atomic mass is 10.3. The smallest absolute Gasteiger partial charge is 0.142 e. The molecule has 100 valence electrons. The second-order valence-electron chi connectivity index (χ2n) is 4.85. The second kappa shape index (κ2) is 6.71. The minimum absolute atomic E-state index is 0.434. The van der Waals surface area contributed by atoms with Crippen LogP contribution in [0.4, 0.5) is 0 Å². The molecule has 1 aromatic heterocycles. The molecule has 1 saturated heterocycles. The number of nitrogens with zero attached hydrogens (tertiary/aromatic N) is 2. The van der Waals surface area contributed by atoms with Gasteiger partial charge in [-0.2, -0.15) is 0 Å². The SMILES string of the molecule is Cc1ccc(OCCCN2CCCC2)c(CN)n1. The van der Waals surface area contributed by atoms with E-state index < -0.39 is 0 Å². The highest BCUT2D eigenvalue weighted by molar-refractivity contribution is 5.29. The summed E-state index contributed by atoms with van der Waals surface area (Å²) in [5.74, 6) is 0.838. The molecule has 2 heterocycles. The van der Waals surface area contributed by atoms with Crippen LogP contribution in [0.15, 0.2) is 12.1 Å². The van der Waals surface area contributed by atoms with Gasteiger partial charge in [-0.3, -0.25) is 4.98 Å². The summed E-state index contributed by atoms with van der Waals surface area (Å²) < 4.78 is 5.77. The van der Waals surface area contributed by atoms with E-state index in [1.54, 1.807) is 0 Å². The van der Waals surface area contributed by atoms with Crippen LogP contribution in [-0.2, 0) is 6.54 Å². The second-order valence-corrected chi connectivity index (χ2v) is 4.85. The van der Waals surface area contributed by atoms with Crippen LogP contribution in [0.3, 0.4) is 0 Å². The molecular weight excluding hydrogens is 226 g/mol. The third-order valence-electron chi connectivity index (χ3n) is 3.34. The van der Waals surface area contributed by atoms with Crippen molar-refractivity contribution in [2.24, 2.45) is 5.73 Å². The maximum absolute atomic E-state index is 5.77. The van der Waals surface area contributed by atoms with Gasteiger partial charge in [0.15, 0.2) is 0 Å². The van der Waals surface area contributed by atoms with Crippen molar-refractivity contribution >= 4 is 0 Å². The molecule has 4 nitrogen and oxygen atoms in total. The molecule has 0 saturated carbocycles. The Labute approximate surface area is 109 Å². The molecule has 0 atom stereocenters. The van der Waals surface area contributed by atoms with Gasteiger partial charge >= 0.3 is 0 Å². The van der Waals surface area contributed by atoms with Crippen molar-refractivity contribution < 1.29 is 4.74 Å². The molecule has 0 aliphatic carbocycles. The Kier molecular flexibility index (Phi) is 4.96. The number of hydrogen-bond acceptors (Lipinski definition) is 4. The van der Waals surface area contributed by atoms with Crippen molar-refractivity contribution in [2.75, 3.05) is 26.2 Å². The lowest BCUT2D eigenvalue weighted by molar-refractivity contribution is 0.261. The molecule has 18 heavy (non-hydrogen) atoms. The molecule has 0 amide bonds. The largest absolute Gasteiger partial charge is 0.492 e. The molecule has 1 aliphatic heterocycles. The first-order valence-corrected chi connectivity index (χ1v) is 6.81. The molecule has 0 spiro atoms. The first-order valence-electron chi connectivity index (χ1n) is 6.81. The van der Waals surface area contributed by atoms with Gasteiger partial charge in [0, 0.05) is 18.8 Å². The summed E-state index contributed by atoms with van der Waals surface area (Å²) in [6, 6.07) is 3.94. The highest BCUT2D eigenvalue weighted by Crippen LogP contribution is 2.16. The van der Waals surface area contributed by atoms with E-state index in [-0.39, 0.29) is 0 Å².